The second-order valence-electron chi connectivity index (χ2n) is 7.79. The summed E-state index contributed by atoms with van der Waals surface area (Å²) in [4.78, 5) is 14.1. The molecule has 30 heavy (non-hydrogen) atoms. The average molecular weight is 433 g/mol. The van der Waals surface area contributed by atoms with Crippen molar-refractivity contribution in [3.8, 4) is 11.5 Å². The predicted octanol–water partition coefficient (Wildman–Crippen LogP) is 3.58. The fraction of sp³-hybridized carbons (Fsp3) is 0.409. The van der Waals surface area contributed by atoms with Crippen LogP contribution < -0.4 is 19.1 Å². The highest BCUT2D eigenvalue weighted by Crippen LogP contribution is 2.32. The first-order chi connectivity index (χ1) is 14.2. The van der Waals surface area contributed by atoms with Crippen molar-refractivity contribution in [2.24, 2.45) is 5.92 Å². The van der Waals surface area contributed by atoms with Gasteiger partial charge in [0, 0.05) is 24.3 Å². The summed E-state index contributed by atoms with van der Waals surface area (Å²) in [5.41, 5.74) is 2.92. The lowest BCUT2D eigenvalue weighted by Crippen LogP contribution is -2.37. The molecule has 8 heteroatoms. The van der Waals surface area contributed by atoms with Crippen LogP contribution in [-0.2, 0) is 27.0 Å². The molecule has 7 nitrogen and oxygen atoms in total. The summed E-state index contributed by atoms with van der Waals surface area (Å²) in [7, 11) is -0.591. The molecule has 0 unspecified atom stereocenters. The number of anilines is 2. The molecule has 2 aromatic carbocycles. The molecular formula is C22H28N2O5S. The third-order valence-corrected chi connectivity index (χ3v) is 6.17. The van der Waals surface area contributed by atoms with Crippen molar-refractivity contribution in [3.05, 3.63) is 47.5 Å². The lowest BCUT2D eigenvalue weighted by Gasteiger charge is -2.31. The molecule has 162 valence electrons. The maximum Gasteiger partial charge on any atom is 0.236 e. The lowest BCUT2D eigenvalue weighted by atomic mass is 9.99. The van der Waals surface area contributed by atoms with Gasteiger partial charge in [-0.15, -0.1) is 0 Å². The summed E-state index contributed by atoms with van der Waals surface area (Å²) in [5, 5.41) is 0. The number of carbonyl (C=O) groups excluding carboxylic acids is 1. The zero-order valence-corrected chi connectivity index (χ0v) is 18.6. The van der Waals surface area contributed by atoms with Crippen molar-refractivity contribution >= 4 is 27.3 Å². The summed E-state index contributed by atoms with van der Waals surface area (Å²) in [6.45, 7) is 4.78. The highest BCUT2D eigenvalue weighted by Gasteiger charge is 2.25. The summed E-state index contributed by atoms with van der Waals surface area (Å²) in [6.07, 6.45) is 1.04. The Morgan fingerprint density at radius 3 is 2.43 bits per heavy atom. The molecule has 2 aromatic rings. The van der Waals surface area contributed by atoms with E-state index >= 15 is 0 Å². The van der Waals surface area contributed by atoms with Gasteiger partial charge in [0.15, 0.2) is 11.5 Å². The predicted molar refractivity (Wildman–Crippen MR) is 118 cm³/mol. The van der Waals surface area contributed by atoms with Gasteiger partial charge in [-0.05, 0) is 53.8 Å². The van der Waals surface area contributed by atoms with E-state index in [1.807, 2.05) is 12.1 Å². The number of nitrogens with zero attached hydrogens (tertiary/aromatic N) is 1. The molecule has 1 aliphatic heterocycles. The van der Waals surface area contributed by atoms with E-state index in [9.17, 15) is 13.2 Å². The van der Waals surface area contributed by atoms with Crippen LogP contribution in [-0.4, -0.2) is 35.1 Å². The first-order valence-corrected chi connectivity index (χ1v) is 11.5. The molecule has 0 saturated carbocycles. The number of carbonyl (C=O) groups is 1. The zero-order chi connectivity index (χ0) is 21.9. The van der Waals surface area contributed by atoms with Crippen LogP contribution in [0.25, 0.3) is 0 Å². The summed E-state index contributed by atoms with van der Waals surface area (Å²) >= 11 is 0. The molecule has 0 aliphatic carbocycles. The fourth-order valence-electron chi connectivity index (χ4n) is 3.59. The van der Waals surface area contributed by atoms with E-state index in [-0.39, 0.29) is 11.7 Å². The van der Waals surface area contributed by atoms with Gasteiger partial charge in [-0.1, -0.05) is 19.9 Å². The number of rotatable bonds is 8. The smallest absolute Gasteiger partial charge is 0.236 e. The second-order valence-corrected chi connectivity index (χ2v) is 9.51. The van der Waals surface area contributed by atoms with Crippen LogP contribution in [0.1, 0.15) is 31.4 Å². The van der Waals surface area contributed by atoms with Crippen LogP contribution in [0.3, 0.4) is 0 Å². The third kappa shape index (κ3) is 5.05. The highest BCUT2D eigenvalue weighted by molar-refractivity contribution is 7.91. The average Bonchev–Trinajstić information content (AvgIpc) is 2.69. The van der Waals surface area contributed by atoms with E-state index in [0.717, 1.165) is 11.3 Å². The molecule has 0 radical (unpaired) electrons. The maximum atomic E-state index is 12.7. The van der Waals surface area contributed by atoms with E-state index in [2.05, 4.69) is 18.6 Å². The lowest BCUT2D eigenvalue weighted by molar-refractivity contribution is -0.119. The van der Waals surface area contributed by atoms with Crippen LogP contribution >= 0.6 is 0 Å². The van der Waals surface area contributed by atoms with Gasteiger partial charge in [0.05, 0.1) is 20.0 Å². The molecule has 3 rings (SSSR count). The van der Waals surface area contributed by atoms with Crippen molar-refractivity contribution in [1.82, 2.24) is 0 Å². The van der Waals surface area contributed by atoms with Gasteiger partial charge in [0.1, 0.15) is 0 Å². The molecule has 0 saturated heterocycles. The van der Waals surface area contributed by atoms with Crippen molar-refractivity contribution < 1.29 is 22.7 Å². The number of benzene rings is 2. The van der Waals surface area contributed by atoms with Gasteiger partial charge >= 0.3 is 0 Å². The Hall–Kier alpha value is -2.74. The van der Waals surface area contributed by atoms with Gasteiger partial charge in [-0.25, -0.2) is 8.42 Å². The number of hydrogen-bond acceptors (Lipinski definition) is 5. The van der Waals surface area contributed by atoms with E-state index in [4.69, 9.17) is 9.47 Å². The van der Waals surface area contributed by atoms with Gasteiger partial charge in [-0.2, -0.15) is 0 Å². The number of nitrogens with one attached hydrogen (secondary N) is 1. The first-order valence-electron chi connectivity index (χ1n) is 9.87. The number of aryl methyl sites for hydroxylation is 1. The SMILES string of the molecule is COc1ccc(CS(=O)(=O)Nc2ccc3c(c2)CCC(=O)N3CC(C)C)cc1OC. The first kappa shape index (κ1) is 22.0. The van der Waals surface area contributed by atoms with E-state index in [0.29, 0.717) is 48.1 Å². The Morgan fingerprint density at radius 1 is 1.03 bits per heavy atom. The summed E-state index contributed by atoms with van der Waals surface area (Å²) in [6, 6.07) is 10.4. The minimum Gasteiger partial charge on any atom is -0.493 e. The second kappa shape index (κ2) is 8.95. The van der Waals surface area contributed by atoms with E-state index in [1.54, 1.807) is 29.2 Å². The number of amides is 1. The zero-order valence-electron chi connectivity index (χ0n) is 17.8. The molecule has 1 heterocycles. The largest absolute Gasteiger partial charge is 0.493 e. The normalized spacial score (nSPS) is 13.9. The molecule has 0 aromatic heterocycles. The minimum absolute atomic E-state index is 0.109. The van der Waals surface area contributed by atoms with Gasteiger partial charge in [0.25, 0.3) is 0 Å². The standard InChI is InChI=1S/C22H28N2O5S/c1-15(2)13-24-19-8-7-18(12-17(19)6-10-22(24)25)23-30(26,27)14-16-5-9-20(28-3)21(11-16)29-4/h5,7-9,11-12,15,23H,6,10,13-14H2,1-4H3. The van der Waals surface area contributed by atoms with Gasteiger partial charge in [-0.3, -0.25) is 9.52 Å². The quantitative estimate of drug-likeness (QED) is 0.689. The molecule has 1 aliphatic rings. The molecule has 0 bridgehead atoms. The minimum atomic E-state index is -3.63. The van der Waals surface area contributed by atoms with Crippen LogP contribution in [0, 0.1) is 5.92 Å². The van der Waals surface area contributed by atoms with Crippen LogP contribution in [0.2, 0.25) is 0 Å². The Morgan fingerprint density at radius 2 is 1.77 bits per heavy atom. The van der Waals surface area contributed by atoms with Crippen LogP contribution in [0.5, 0.6) is 11.5 Å². The molecule has 0 spiro atoms. The fourth-order valence-corrected chi connectivity index (χ4v) is 4.77. The summed E-state index contributed by atoms with van der Waals surface area (Å²) < 4.78 is 38.5. The Balaban J connectivity index is 1.78. The van der Waals surface area contributed by atoms with Crippen LogP contribution in [0.4, 0.5) is 11.4 Å². The van der Waals surface area contributed by atoms with E-state index in [1.165, 1.54) is 14.2 Å². The Bertz CT molecular complexity index is 1030. The van der Waals surface area contributed by atoms with E-state index < -0.39 is 10.0 Å². The topological polar surface area (TPSA) is 84.9 Å². The molecule has 1 N–H and O–H groups in total. The van der Waals surface area contributed by atoms with Gasteiger partial charge in [0.2, 0.25) is 15.9 Å². The van der Waals surface area contributed by atoms with Crippen molar-refractivity contribution in [2.45, 2.75) is 32.4 Å². The molecule has 1 amide bonds. The molecular weight excluding hydrogens is 404 g/mol. The summed E-state index contributed by atoms with van der Waals surface area (Å²) in [5.74, 6) is 1.29. The molecule has 0 atom stereocenters. The number of fused-ring (bicyclic) bond motifs is 1. The monoisotopic (exact) mass is 432 g/mol. The van der Waals surface area contributed by atoms with Crippen molar-refractivity contribution in [3.63, 3.8) is 0 Å². The Kier molecular flexibility index (Phi) is 6.55. The number of methoxy groups -OCH3 is 2. The Labute approximate surface area is 178 Å². The number of sulfonamides is 1. The van der Waals surface area contributed by atoms with Crippen molar-refractivity contribution in [1.29, 1.82) is 0 Å². The number of hydrogen-bond donors (Lipinski definition) is 1. The van der Waals surface area contributed by atoms with Crippen molar-refractivity contribution in [2.75, 3.05) is 30.4 Å². The third-order valence-electron chi connectivity index (χ3n) is 4.91. The van der Waals surface area contributed by atoms with Crippen LogP contribution in [0.15, 0.2) is 36.4 Å². The van der Waals surface area contributed by atoms with Gasteiger partial charge < -0.3 is 14.4 Å². The molecule has 0 fully saturated rings. The number of ether oxygens (including phenoxy) is 2. The highest BCUT2D eigenvalue weighted by atomic mass is 32.2. The maximum absolute atomic E-state index is 12.7.